The molecule has 0 N–H and O–H groups in total. The molecule has 0 atom stereocenters. The first kappa shape index (κ1) is 10.1. The molecular formula is C9H16N2. The molecule has 0 aromatic carbocycles. The van der Waals surface area contributed by atoms with Gasteiger partial charge in [-0.05, 0) is 6.42 Å². The van der Waals surface area contributed by atoms with E-state index in [0.717, 1.165) is 12.3 Å². The molecule has 0 unspecified atom stereocenters. The monoisotopic (exact) mass is 152 g/mol. The summed E-state index contributed by atoms with van der Waals surface area (Å²) in [5.41, 5.74) is 0. The normalized spacial score (nSPS) is 12.9. The van der Waals surface area contributed by atoms with E-state index in [9.17, 15) is 0 Å². The quantitative estimate of drug-likeness (QED) is 0.439. The van der Waals surface area contributed by atoms with Crippen molar-refractivity contribution < 1.29 is 0 Å². The fourth-order valence-corrected chi connectivity index (χ4v) is 0.610. The van der Waals surface area contributed by atoms with Crippen LogP contribution in [0.15, 0.2) is 22.8 Å². The smallest absolute Gasteiger partial charge is 0.130 e. The first-order valence-corrected chi connectivity index (χ1v) is 3.93. The van der Waals surface area contributed by atoms with Gasteiger partial charge in [-0.25, -0.2) is 9.98 Å². The summed E-state index contributed by atoms with van der Waals surface area (Å²) < 4.78 is 0. The second-order valence-electron chi connectivity index (χ2n) is 2.54. The molecule has 0 bridgehead atoms. The van der Waals surface area contributed by atoms with E-state index >= 15 is 0 Å². The minimum atomic E-state index is 0.371. The van der Waals surface area contributed by atoms with Gasteiger partial charge in [0, 0.05) is 18.3 Å². The van der Waals surface area contributed by atoms with Gasteiger partial charge in [0.05, 0.1) is 0 Å². The van der Waals surface area contributed by atoms with Crippen molar-refractivity contribution in [2.24, 2.45) is 15.9 Å². The minimum absolute atomic E-state index is 0.371. The van der Waals surface area contributed by atoms with E-state index in [1.54, 1.807) is 0 Å². The Labute approximate surface area is 68.8 Å². The molecule has 0 aromatic rings. The molecular weight excluding hydrogens is 136 g/mol. The lowest BCUT2D eigenvalue weighted by Gasteiger charge is -2.01. The lowest BCUT2D eigenvalue weighted by molar-refractivity contribution is 0.873. The average molecular weight is 152 g/mol. The van der Waals surface area contributed by atoms with Crippen molar-refractivity contribution in [2.75, 3.05) is 0 Å². The Hall–Kier alpha value is -0.920. The Balaban J connectivity index is 4.22. The fourth-order valence-electron chi connectivity index (χ4n) is 0.610. The van der Waals surface area contributed by atoms with Crippen LogP contribution >= 0.6 is 0 Å². The largest absolute Gasteiger partial charge is 0.246 e. The molecule has 0 heterocycles. The predicted octanol–water partition coefficient (Wildman–Crippen LogP) is 2.67. The fraction of sp³-hybridized carbons (Fsp3) is 0.556. The molecule has 0 aliphatic carbocycles. The summed E-state index contributed by atoms with van der Waals surface area (Å²) in [4.78, 5) is 8.23. The molecule has 0 radical (unpaired) electrons. The van der Waals surface area contributed by atoms with Gasteiger partial charge >= 0.3 is 0 Å². The van der Waals surface area contributed by atoms with Crippen LogP contribution in [0.25, 0.3) is 0 Å². The topological polar surface area (TPSA) is 24.7 Å². The van der Waals surface area contributed by atoms with Gasteiger partial charge in [0.1, 0.15) is 5.84 Å². The highest BCUT2D eigenvalue weighted by Crippen LogP contribution is 1.98. The maximum atomic E-state index is 4.19. The van der Waals surface area contributed by atoms with E-state index in [4.69, 9.17) is 0 Å². The maximum absolute atomic E-state index is 4.19. The Kier molecular flexibility index (Phi) is 5.35. The molecule has 0 fully saturated rings. The van der Waals surface area contributed by atoms with Crippen LogP contribution in [-0.2, 0) is 0 Å². The number of hydrogen-bond acceptors (Lipinski definition) is 1. The third-order valence-electron chi connectivity index (χ3n) is 1.15. The van der Waals surface area contributed by atoms with Crippen LogP contribution in [0, 0.1) is 5.92 Å². The maximum Gasteiger partial charge on any atom is 0.130 e. The molecule has 2 nitrogen and oxygen atoms in total. The van der Waals surface area contributed by atoms with Crippen LogP contribution in [0.1, 0.15) is 27.2 Å². The first-order chi connectivity index (χ1) is 5.22. The summed E-state index contributed by atoms with van der Waals surface area (Å²) in [6.07, 6.45) is 4.34. The lowest BCUT2D eigenvalue weighted by atomic mass is 10.2. The van der Waals surface area contributed by atoms with Crippen molar-refractivity contribution in [3.05, 3.63) is 12.8 Å². The van der Waals surface area contributed by atoms with Crippen LogP contribution < -0.4 is 0 Å². The van der Waals surface area contributed by atoms with Crippen molar-refractivity contribution in [1.82, 2.24) is 0 Å². The molecule has 0 aliphatic rings. The third kappa shape index (κ3) is 4.48. The first-order valence-electron chi connectivity index (χ1n) is 3.93. The highest BCUT2D eigenvalue weighted by Gasteiger charge is 1.99. The van der Waals surface area contributed by atoms with Crippen LogP contribution in [0.3, 0.4) is 0 Å². The van der Waals surface area contributed by atoms with Crippen molar-refractivity contribution in [2.45, 2.75) is 27.2 Å². The molecule has 0 saturated heterocycles. The average Bonchev–Trinajstić information content (AvgIpc) is 1.97. The lowest BCUT2D eigenvalue weighted by Crippen LogP contribution is -2.03. The van der Waals surface area contributed by atoms with Crippen LogP contribution in [0.4, 0.5) is 0 Å². The van der Waals surface area contributed by atoms with Gasteiger partial charge in [-0.2, -0.15) is 0 Å². The summed E-state index contributed by atoms with van der Waals surface area (Å²) in [5.74, 6) is 1.22. The Morgan fingerprint density at radius 3 is 2.55 bits per heavy atom. The van der Waals surface area contributed by atoms with Gasteiger partial charge in [0.2, 0.25) is 0 Å². The Morgan fingerprint density at radius 1 is 1.55 bits per heavy atom. The number of amidine groups is 1. The number of aliphatic imine (C=N–C) groups is 2. The Bertz CT molecular complexity index is 166. The number of nitrogens with zero attached hydrogens (tertiary/aromatic N) is 2. The van der Waals surface area contributed by atoms with E-state index in [-0.39, 0.29) is 0 Å². The summed E-state index contributed by atoms with van der Waals surface area (Å²) in [6.45, 7) is 9.71. The van der Waals surface area contributed by atoms with E-state index in [1.165, 1.54) is 6.20 Å². The van der Waals surface area contributed by atoms with Crippen LogP contribution in [0.2, 0.25) is 0 Å². The zero-order valence-electron chi connectivity index (χ0n) is 7.54. The van der Waals surface area contributed by atoms with Crippen molar-refractivity contribution in [1.29, 1.82) is 0 Å². The standard InChI is InChI=1S/C9H16N2/c1-5-7-11-9(8(3)4)10-6-2/h6-8H,2,5H2,1,3-4H3. The summed E-state index contributed by atoms with van der Waals surface area (Å²) in [6, 6.07) is 0. The van der Waals surface area contributed by atoms with Gasteiger partial charge < -0.3 is 0 Å². The molecule has 0 amide bonds. The second-order valence-corrected chi connectivity index (χ2v) is 2.54. The number of hydrogen-bond donors (Lipinski definition) is 0. The highest BCUT2D eigenvalue weighted by atomic mass is 14.9. The molecule has 0 rings (SSSR count). The van der Waals surface area contributed by atoms with Gasteiger partial charge in [-0.1, -0.05) is 27.4 Å². The van der Waals surface area contributed by atoms with Gasteiger partial charge in [-0.3, -0.25) is 0 Å². The zero-order valence-corrected chi connectivity index (χ0v) is 7.54. The molecule has 62 valence electrons. The van der Waals surface area contributed by atoms with Gasteiger partial charge in [-0.15, -0.1) is 0 Å². The van der Waals surface area contributed by atoms with Crippen molar-refractivity contribution >= 4 is 12.1 Å². The number of rotatable bonds is 3. The van der Waals surface area contributed by atoms with E-state index in [0.29, 0.717) is 5.92 Å². The van der Waals surface area contributed by atoms with Crippen molar-refractivity contribution in [3.8, 4) is 0 Å². The zero-order chi connectivity index (χ0) is 8.69. The Morgan fingerprint density at radius 2 is 2.18 bits per heavy atom. The predicted molar refractivity (Wildman–Crippen MR) is 51.3 cm³/mol. The minimum Gasteiger partial charge on any atom is -0.246 e. The summed E-state index contributed by atoms with van der Waals surface area (Å²) >= 11 is 0. The van der Waals surface area contributed by atoms with E-state index in [2.05, 4.69) is 37.3 Å². The molecule has 0 aromatic heterocycles. The molecule has 0 spiro atoms. The molecule has 11 heavy (non-hydrogen) atoms. The summed E-state index contributed by atoms with van der Waals surface area (Å²) in [7, 11) is 0. The van der Waals surface area contributed by atoms with Gasteiger partial charge in [0.15, 0.2) is 0 Å². The molecule has 0 aliphatic heterocycles. The van der Waals surface area contributed by atoms with Gasteiger partial charge in [0.25, 0.3) is 0 Å². The second kappa shape index (κ2) is 5.83. The summed E-state index contributed by atoms with van der Waals surface area (Å²) in [5, 5.41) is 0. The molecule has 0 saturated carbocycles. The van der Waals surface area contributed by atoms with Crippen LogP contribution in [-0.4, -0.2) is 12.1 Å². The highest BCUT2D eigenvalue weighted by molar-refractivity contribution is 5.91. The van der Waals surface area contributed by atoms with E-state index < -0.39 is 0 Å². The molecule has 2 heteroatoms. The van der Waals surface area contributed by atoms with Crippen molar-refractivity contribution in [3.63, 3.8) is 0 Å². The van der Waals surface area contributed by atoms with E-state index in [1.807, 2.05) is 6.21 Å². The SMILES string of the molecule is C=CN=C(N=CCC)C(C)C. The van der Waals surface area contributed by atoms with Crippen LogP contribution in [0.5, 0.6) is 0 Å². The third-order valence-corrected chi connectivity index (χ3v) is 1.15.